The predicted molar refractivity (Wildman–Crippen MR) is 57.6 cm³/mol. The first-order valence-electron chi connectivity index (χ1n) is 4.92. The van der Waals surface area contributed by atoms with Crippen LogP contribution >= 0.6 is 0 Å². The zero-order valence-electron chi connectivity index (χ0n) is 9.18. The van der Waals surface area contributed by atoms with Gasteiger partial charge in [-0.25, -0.2) is 14.6 Å². The van der Waals surface area contributed by atoms with Gasteiger partial charge in [-0.3, -0.25) is 0 Å². The van der Waals surface area contributed by atoms with E-state index >= 15 is 0 Å². The third-order valence-corrected chi connectivity index (χ3v) is 2.23. The number of rotatable bonds is 2. The Morgan fingerprint density at radius 1 is 1.44 bits per heavy atom. The predicted octanol–water partition coefficient (Wildman–Crippen LogP) is 1.21. The summed E-state index contributed by atoms with van der Waals surface area (Å²) >= 11 is 0. The molecule has 0 aliphatic rings. The van der Waals surface area contributed by atoms with E-state index in [1.807, 2.05) is 30.7 Å². The maximum atomic E-state index is 8.74. The van der Waals surface area contributed by atoms with Crippen LogP contribution in [0.15, 0.2) is 18.3 Å². The minimum absolute atomic E-state index is 0.423. The standard InChI is InChI=1S/C11H11N5/c1-8-14-9(2)16(15-8)7-10-3-4-13-11(5-10)6-12/h3-5H,7H2,1-2H3. The monoisotopic (exact) mass is 213 g/mol. The van der Waals surface area contributed by atoms with Gasteiger partial charge in [0, 0.05) is 6.20 Å². The molecule has 0 spiro atoms. The molecule has 5 nitrogen and oxygen atoms in total. The molecule has 2 heterocycles. The first kappa shape index (κ1) is 10.3. The van der Waals surface area contributed by atoms with Gasteiger partial charge in [0.2, 0.25) is 0 Å². The fraction of sp³-hybridized carbons (Fsp3) is 0.273. The van der Waals surface area contributed by atoms with Crippen LogP contribution in [0.2, 0.25) is 0 Å². The van der Waals surface area contributed by atoms with Gasteiger partial charge in [-0.2, -0.15) is 10.4 Å². The van der Waals surface area contributed by atoms with Gasteiger partial charge in [-0.15, -0.1) is 0 Å². The van der Waals surface area contributed by atoms with Crippen molar-refractivity contribution in [2.24, 2.45) is 0 Å². The summed E-state index contributed by atoms with van der Waals surface area (Å²) in [6.45, 7) is 4.38. The fourth-order valence-electron chi connectivity index (χ4n) is 1.52. The summed E-state index contributed by atoms with van der Waals surface area (Å²) in [6.07, 6.45) is 1.63. The van der Waals surface area contributed by atoms with Gasteiger partial charge in [0.05, 0.1) is 6.54 Å². The number of hydrogen-bond donors (Lipinski definition) is 0. The van der Waals surface area contributed by atoms with Crippen molar-refractivity contribution in [1.82, 2.24) is 19.7 Å². The SMILES string of the molecule is Cc1nc(C)n(Cc2ccnc(C#N)c2)n1. The van der Waals surface area contributed by atoms with Crippen molar-refractivity contribution in [2.75, 3.05) is 0 Å². The second-order valence-electron chi connectivity index (χ2n) is 3.53. The molecule has 2 rings (SSSR count). The van der Waals surface area contributed by atoms with E-state index in [9.17, 15) is 0 Å². The number of pyridine rings is 1. The van der Waals surface area contributed by atoms with Crippen LogP contribution in [0.4, 0.5) is 0 Å². The molecular weight excluding hydrogens is 202 g/mol. The first-order valence-corrected chi connectivity index (χ1v) is 4.92. The van der Waals surface area contributed by atoms with Crippen molar-refractivity contribution in [3.63, 3.8) is 0 Å². The van der Waals surface area contributed by atoms with Crippen LogP contribution in [0.25, 0.3) is 0 Å². The number of aryl methyl sites for hydroxylation is 2. The highest BCUT2D eigenvalue weighted by atomic mass is 15.3. The molecule has 0 aliphatic heterocycles. The Morgan fingerprint density at radius 3 is 2.88 bits per heavy atom. The highest BCUT2D eigenvalue weighted by Crippen LogP contribution is 2.05. The van der Waals surface area contributed by atoms with Gasteiger partial charge < -0.3 is 0 Å². The Morgan fingerprint density at radius 2 is 2.25 bits per heavy atom. The fourth-order valence-corrected chi connectivity index (χ4v) is 1.52. The maximum absolute atomic E-state index is 8.74. The molecule has 2 aromatic heterocycles. The lowest BCUT2D eigenvalue weighted by molar-refractivity contribution is 0.655. The highest BCUT2D eigenvalue weighted by Gasteiger charge is 2.04. The average molecular weight is 213 g/mol. The molecule has 2 aromatic rings. The van der Waals surface area contributed by atoms with Crippen LogP contribution in [-0.4, -0.2) is 19.7 Å². The summed E-state index contributed by atoms with van der Waals surface area (Å²) in [5.41, 5.74) is 1.42. The normalized spacial score (nSPS) is 10.1. The van der Waals surface area contributed by atoms with Gasteiger partial charge in [-0.1, -0.05) is 0 Å². The molecule has 0 bridgehead atoms. The van der Waals surface area contributed by atoms with E-state index in [1.54, 1.807) is 12.3 Å². The molecule has 0 saturated heterocycles. The van der Waals surface area contributed by atoms with E-state index in [-0.39, 0.29) is 0 Å². The molecule has 0 fully saturated rings. The Labute approximate surface area is 93.4 Å². The van der Waals surface area contributed by atoms with E-state index in [2.05, 4.69) is 15.1 Å². The molecule has 0 aliphatic carbocycles. The van der Waals surface area contributed by atoms with Crippen LogP contribution in [-0.2, 0) is 6.54 Å². The molecule has 80 valence electrons. The topological polar surface area (TPSA) is 67.4 Å². The van der Waals surface area contributed by atoms with Gasteiger partial charge >= 0.3 is 0 Å². The number of hydrogen-bond acceptors (Lipinski definition) is 4. The van der Waals surface area contributed by atoms with Crippen molar-refractivity contribution in [3.8, 4) is 6.07 Å². The third-order valence-electron chi connectivity index (χ3n) is 2.23. The van der Waals surface area contributed by atoms with Crippen molar-refractivity contribution in [2.45, 2.75) is 20.4 Å². The lowest BCUT2D eigenvalue weighted by atomic mass is 10.2. The van der Waals surface area contributed by atoms with Crippen LogP contribution in [0, 0.1) is 25.2 Å². The lowest BCUT2D eigenvalue weighted by Crippen LogP contribution is -2.04. The Hall–Kier alpha value is -2.22. The van der Waals surface area contributed by atoms with E-state index in [4.69, 9.17) is 5.26 Å². The van der Waals surface area contributed by atoms with Crippen molar-refractivity contribution in [1.29, 1.82) is 5.26 Å². The molecule has 0 aromatic carbocycles. The van der Waals surface area contributed by atoms with Crippen LogP contribution in [0.3, 0.4) is 0 Å². The number of aromatic nitrogens is 4. The maximum Gasteiger partial charge on any atom is 0.147 e. The number of nitrogens with zero attached hydrogens (tertiary/aromatic N) is 5. The lowest BCUT2D eigenvalue weighted by Gasteiger charge is -2.02. The summed E-state index contributed by atoms with van der Waals surface area (Å²) in [5, 5.41) is 13.0. The molecule has 0 radical (unpaired) electrons. The molecule has 0 atom stereocenters. The van der Waals surface area contributed by atoms with E-state index in [0.29, 0.717) is 12.2 Å². The molecule has 16 heavy (non-hydrogen) atoms. The van der Waals surface area contributed by atoms with Crippen molar-refractivity contribution < 1.29 is 0 Å². The first-order chi connectivity index (χ1) is 7.69. The minimum atomic E-state index is 0.423. The smallest absolute Gasteiger partial charge is 0.147 e. The summed E-state index contributed by atoms with van der Waals surface area (Å²) in [4.78, 5) is 8.14. The molecule has 5 heteroatoms. The van der Waals surface area contributed by atoms with Gasteiger partial charge in [0.1, 0.15) is 23.4 Å². The molecule has 0 unspecified atom stereocenters. The van der Waals surface area contributed by atoms with Gasteiger partial charge in [-0.05, 0) is 31.5 Å². The second-order valence-corrected chi connectivity index (χ2v) is 3.53. The molecule has 0 saturated carbocycles. The van der Waals surface area contributed by atoms with Crippen LogP contribution in [0.5, 0.6) is 0 Å². The zero-order valence-corrected chi connectivity index (χ0v) is 9.18. The quantitative estimate of drug-likeness (QED) is 0.752. The van der Waals surface area contributed by atoms with Crippen molar-refractivity contribution in [3.05, 3.63) is 41.2 Å². The van der Waals surface area contributed by atoms with Crippen LogP contribution < -0.4 is 0 Å². The number of nitriles is 1. The summed E-state index contributed by atoms with van der Waals surface area (Å²) in [7, 11) is 0. The summed E-state index contributed by atoms with van der Waals surface area (Å²) in [5.74, 6) is 1.62. The van der Waals surface area contributed by atoms with E-state index in [0.717, 1.165) is 17.2 Å². The Bertz CT molecular complexity index is 550. The highest BCUT2D eigenvalue weighted by molar-refractivity contribution is 5.25. The second kappa shape index (κ2) is 4.11. The minimum Gasteiger partial charge on any atom is -0.246 e. The molecule has 0 amide bonds. The van der Waals surface area contributed by atoms with Gasteiger partial charge in [0.25, 0.3) is 0 Å². The van der Waals surface area contributed by atoms with E-state index in [1.165, 1.54) is 0 Å². The summed E-state index contributed by atoms with van der Waals surface area (Å²) in [6, 6.07) is 5.65. The molecule has 0 N–H and O–H groups in total. The average Bonchev–Trinajstić information content (AvgIpc) is 2.58. The largest absolute Gasteiger partial charge is 0.246 e. The van der Waals surface area contributed by atoms with E-state index < -0.39 is 0 Å². The Kier molecular flexibility index (Phi) is 2.64. The van der Waals surface area contributed by atoms with Crippen LogP contribution in [0.1, 0.15) is 22.9 Å². The third kappa shape index (κ3) is 2.06. The zero-order chi connectivity index (χ0) is 11.5. The molecular formula is C11H11N5. The van der Waals surface area contributed by atoms with Crippen molar-refractivity contribution >= 4 is 0 Å². The van der Waals surface area contributed by atoms with Gasteiger partial charge in [0.15, 0.2) is 0 Å². The Balaban J connectivity index is 2.27. The summed E-state index contributed by atoms with van der Waals surface area (Å²) < 4.78 is 1.81.